The minimum absolute atomic E-state index is 0.0637. The molecule has 1 heterocycles. The van der Waals surface area contributed by atoms with Crippen molar-refractivity contribution in [1.82, 2.24) is 0 Å². The summed E-state index contributed by atoms with van der Waals surface area (Å²) in [7, 11) is 0. The summed E-state index contributed by atoms with van der Waals surface area (Å²) in [6, 6.07) is 3.72. The minimum atomic E-state index is -0.864. The maximum Gasteiger partial charge on any atom is 0.349 e. The smallest absolute Gasteiger partial charge is 0.349 e. The first kappa shape index (κ1) is 14.0. The number of rotatable bonds is 5. The van der Waals surface area contributed by atoms with Gasteiger partial charge in [0, 0.05) is 4.91 Å². The third kappa shape index (κ3) is 3.77. The molecule has 0 N–H and O–H groups in total. The van der Waals surface area contributed by atoms with Gasteiger partial charge in [0.25, 0.3) is 0 Å². The topological polar surface area (TPSA) is 98.8 Å². The summed E-state index contributed by atoms with van der Waals surface area (Å²) in [4.78, 5) is 15.0. The number of esters is 1. The second-order valence-electron chi connectivity index (χ2n) is 4.15. The number of ether oxygens (including phenoxy) is 1. The fourth-order valence-corrected chi connectivity index (χ4v) is 2.07. The van der Waals surface area contributed by atoms with Gasteiger partial charge in [0.15, 0.2) is 0 Å². The number of carbonyl (C=O) groups excluding carboxylic acids is 1. The standard InChI is InChI=1S/C11H12N4O2S/c1-11(2,7-14-15-13)17-10(16)9-8(3-5-12)4-6-18-9/h4,6H,3,7H2,1-2H3. The van der Waals surface area contributed by atoms with Crippen molar-refractivity contribution in [1.29, 1.82) is 5.26 Å². The summed E-state index contributed by atoms with van der Waals surface area (Å²) < 4.78 is 5.27. The molecule has 0 saturated heterocycles. The van der Waals surface area contributed by atoms with Crippen LogP contribution in [0.5, 0.6) is 0 Å². The van der Waals surface area contributed by atoms with E-state index in [1.54, 1.807) is 25.3 Å². The van der Waals surface area contributed by atoms with Gasteiger partial charge < -0.3 is 4.74 Å². The van der Waals surface area contributed by atoms with E-state index in [1.165, 1.54) is 11.3 Å². The van der Waals surface area contributed by atoms with Crippen molar-refractivity contribution in [2.75, 3.05) is 6.54 Å². The highest BCUT2D eigenvalue weighted by Crippen LogP contribution is 2.21. The second-order valence-corrected chi connectivity index (χ2v) is 5.06. The molecule has 0 aliphatic carbocycles. The summed E-state index contributed by atoms with van der Waals surface area (Å²) in [6.45, 7) is 3.39. The van der Waals surface area contributed by atoms with Crippen LogP contribution in [0.15, 0.2) is 16.6 Å². The number of carbonyl (C=O) groups is 1. The molecule has 1 aromatic heterocycles. The molecule has 0 radical (unpaired) electrons. The quantitative estimate of drug-likeness (QED) is 0.353. The Hall–Kier alpha value is -2.03. The predicted molar refractivity (Wildman–Crippen MR) is 67.1 cm³/mol. The molecular weight excluding hydrogens is 252 g/mol. The fraction of sp³-hybridized carbons (Fsp3) is 0.455. The van der Waals surface area contributed by atoms with Crippen LogP contribution in [0.3, 0.4) is 0 Å². The monoisotopic (exact) mass is 264 g/mol. The molecule has 1 rings (SSSR count). The van der Waals surface area contributed by atoms with Crippen LogP contribution in [0.1, 0.15) is 29.1 Å². The van der Waals surface area contributed by atoms with E-state index in [1.807, 2.05) is 6.07 Å². The summed E-state index contributed by atoms with van der Waals surface area (Å²) in [5, 5.41) is 13.8. The van der Waals surface area contributed by atoms with Crippen molar-refractivity contribution in [2.45, 2.75) is 25.9 Å². The van der Waals surface area contributed by atoms with Gasteiger partial charge in [0.05, 0.1) is 19.0 Å². The zero-order valence-corrected chi connectivity index (χ0v) is 10.9. The molecule has 1 aromatic rings. The lowest BCUT2D eigenvalue weighted by Crippen LogP contribution is -2.31. The van der Waals surface area contributed by atoms with Crippen LogP contribution < -0.4 is 0 Å². The van der Waals surface area contributed by atoms with E-state index in [0.29, 0.717) is 10.4 Å². The van der Waals surface area contributed by atoms with Crippen LogP contribution in [0.2, 0.25) is 0 Å². The molecular formula is C11H12N4O2S. The molecule has 0 aliphatic heterocycles. The van der Waals surface area contributed by atoms with Gasteiger partial charge in [0.2, 0.25) is 0 Å². The summed E-state index contributed by atoms with van der Waals surface area (Å²) >= 11 is 1.23. The van der Waals surface area contributed by atoms with E-state index in [4.69, 9.17) is 15.5 Å². The highest BCUT2D eigenvalue weighted by molar-refractivity contribution is 7.12. The molecule has 0 unspecified atom stereocenters. The molecule has 0 bridgehead atoms. The molecule has 6 nitrogen and oxygen atoms in total. The number of nitriles is 1. The van der Waals surface area contributed by atoms with Gasteiger partial charge in [-0.15, -0.1) is 11.3 Å². The van der Waals surface area contributed by atoms with Gasteiger partial charge in [-0.3, -0.25) is 0 Å². The lowest BCUT2D eigenvalue weighted by molar-refractivity contribution is 0.00347. The first-order valence-electron chi connectivity index (χ1n) is 5.17. The van der Waals surface area contributed by atoms with Crippen LogP contribution in [-0.2, 0) is 11.2 Å². The third-order valence-electron chi connectivity index (χ3n) is 2.09. The van der Waals surface area contributed by atoms with Crippen LogP contribution >= 0.6 is 11.3 Å². The maximum atomic E-state index is 11.9. The maximum absolute atomic E-state index is 11.9. The average Bonchev–Trinajstić information content (AvgIpc) is 2.75. The molecule has 0 saturated carbocycles. The van der Waals surface area contributed by atoms with E-state index >= 15 is 0 Å². The number of hydrogen-bond acceptors (Lipinski definition) is 5. The Morgan fingerprint density at radius 3 is 3.06 bits per heavy atom. The molecule has 94 valence electrons. The summed E-state index contributed by atoms with van der Waals surface area (Å²) in [5.74, 6) is -0.492. The zero-order chi connectivity index (χ0) is 13.6. The lowest BCUT2D eigenvalue weighted by Gasteiger charge is -2.22. The molecule has 0 aromatic carbocycles. The molecule has 0 aliphatic rings. The molecule has 0 amide bonds. The van der Waals surface area contributed by atoms with E-state index in [2.05, 4.69) is 10.0 Å². The van der Waals surface area contributed by atoms with Gasteiger partial charge in [-0.25, -0.2) is 4.79 Å². The Bertz CT molecular complexity index is 523. The number of azide groups is 1. The van der Waals surface area contributed by atoms with Crippen molar-refractivity contribution in [2.24, 2.45) is 5.11 Å². The largest absolute Gasteiger partial charge is 0.455 e. The molecule has 0 spiro atoms. The van der Waals surface area contributed by atoms with Gasteiger partial charge >= 0.3 is 5.97 Å². The molecule has 7 heteroatoms. The van der Waals surface area contributed by atoms with Gasteiger partial charge in [-0.05, 0) is 36.4 Å². The third-order valence-corrected chi connectivity index (χ3v) is 3.02. The number of hydrogen-bond donors (Lipinski definition) is 0. The summed E-state index contributed by atoms with van der Waals surface area (Å²) in [6.07, 6.45) is 0.171. The van der Waals surface area contributed by atoms with Crippen molar-refractivity contribution < 1.29 is 9.53 Å². The van der Waals surface area contributed by atoms with Gasteiger partial charge in [-0.1, -0.05) is 5.11 Å². The van der Waals surface area contributed by atoms with Crippen LogP contribution in [0.4, 0.5) is 0 Å². The number of thiophene rings is 1. The Morgan fingerprint density at radius 1 is 1.72 bits per heavy atom. The Kier molecular flexibility index (Phi) is 4.72. The van der Waals surface area contributed by atoms with Crippen LogP contribution in [0.25, 0.3) is 10.4 Å². The van der Waals surface area contributed by atoms with E-state index < -0.39 is 11.6 Å². The van der Waals surface area contributed by atoms with E-state index in [0.717, 1.165) is 0 Å². The highest BCUT2D eigenvalue weighted by atomic mass is 32.1. The average molecular weight is 264 g/mol. The number of nitrogens with zero attached hydrogens (tertiary/aromatic N) is 4. The second kappa shape index (κ2) is 6.05. The van der Waals surface area contributed by atoms with E-state index in [-0.39, 0.29) is 13.0 Å². The zero-order valence-electron chi connectivity index (χ0n) is 10.1. The lowest BCUT2D eigenvalue weighted by atomic mass is 10.1. The Morgan fingerprint density at radius 2 is 2.44 bits per heavy atom. The highest BCUT2D eigenvalue weighted by Gasteiger charge is 2.25. The Labute approximate surface area is 108 Å². The Balaban J connectivity index is 2.79. The van der Waals surface area contributed by atoms with Crippen molar-refractivity contribution in [3.05, 3.63) is 32.3 Å². The predicted octanol–water partition coefficient (Wildman–Crippen LogP) is 3.06. The van der Waals surface area contributed by atoms with Crippen molar-refractivity contribution >= 4 is 17.3 Å². The first-order chi connectivity index (χ1) is 8.50. The molecule has 0 fully saturated rings. The van der Waals surface area contributed by atoms with Crippen molar-refractivity contribution in [3.8, 4) is 6.07 Å². The minimum Gasteiger partial charge on any atom is -0.455 e. The van der Waals surface area contributed by atoms with Crippen molar-refractivity contribution in [3.63, 3.8) is 0 Å². The first-order valence-corrected chi connectivity index (χ1v) is 6.05. The van der Waals surface area contributed by atoms with Gasteiger partial charge in [0.1, 0.15) is 10.5 Å². The van der Waals surface area contributed by atoms with Crippen LogP contribution in [0, 0.1) is 11.3 Å². The molecule has 0 atom stereocenters. The van der Waals surface area contributed by atoms with E-state index in [9.17, 15) is 4.79 Å². The molecule has 18 heavy (non-hydrogen) atoms. The normalized spacial score (nSPS) is 10.3. The van der Waals surface area contributed by atoms with Gasteiger partial charge in [-0.2, -0.15) is 5.26 Å². The SMILES string of the molecule is CC(C)(CN=[N+]=[N-])OC(=O)c1sccc1CC#N. The fourth-order valence-electron chi connectivity index (χ4n) is 1.27. The summed E-state index contributed by atoms with van der Waals surface area (Å²) in [5.41, 5.74) is 8.04. The van der Waals surface area contributed by atoms with Crippen LogP contribution in [-0.4, -0.2) is 18.1 Å².